The van der Waals surface area contributed by atoms with Crippen molar-refractivity contribution in [2.75, 3.05) is 0 Å². The second kappa shape index (κ2) is 15.1. The van der Waals surface area contributed by atoms with E-state index in [1.165, 1.54) is 6.07 Å². The second-order valence-corrected chi connectivity index (χ2v) is 10.0. The molecule has 0 aliphatic carbocycles. The van der Waals surface area contributed by atoms with Gasteiger partial charge in [0.1, 0.15) is 11.9 Å². The number of carboxylic acid groups (broad SMARTS) is 1. The number of alkyl halides is 3. The van der Waals surface area contributed by atoms with Crippen LogP contribution in [0.25, 0.3) is 0 Å². The molecule has 4 N–H and O–H groups in total. The lowest BCUT2D eigenvalue weighted by Gasteiger charge is -2.36. The molecule has 0 radical (unpaired) electrons. The summed E-state index contributed by atoms with van der Waals surface area (Å²) in [6.07, 6.45) is -5.17. The summed E-state index contributed by atoms with van der Waals surface area (Å²) in [4.78, 5) is 47.7. The van der Waals surface area contributed by atoms with Crippen LogP contribution in [0.5, 0.6) is 0 Å². The van der Waals surface area contributed by atoms with Gasteiger partial charge in [0.2, 0.25) is 18.1 Å². The number of nitrogens with zero attached hydrogens (tertiary/aromatic N) is 1. The third-order valence-corrected chi connectivity index (χ3v) is 6.73. The van der Waals surface area contributed by atoms with Gasteiger partial charge in [-0.3, -0.25) is 19.2 Å². The second-order valence-electron chi connectivity index (χ2n) is 10.0. The van der Waals surface area contributed by atoms with Crippen LogP contribution >= 0.6 is 0 Å². The number of hydrogen-bond acceptors (Lipinski definition) is 5. The zero-order chi connectivity index (χ0) is 31.6. The van der Waals surface area contributed by atoms with Gasteiger partial charge in [0.25, 0.3) is 0 Å². The van der Waals surface area contributed by atoms with Gasteiger partial charge < -0.3 is 21.1 Å². The topological polar surface area (TPSA) is 130 Å². The van der Waals surface area contributed by atoms with Crippen molar-refractivity contribution in [3.05, 3.63) is 106 Å². The van der Waals surface area contributed by atoms with Crippen molar-refractivity contribution in [2.24, 2.45) is 5.73 Å². The van der Waals surface area contributed by atoms with Crippen molar-refractivity contribution in [1.82, 2.24) is 10.2 Å². The average Bonchev–Trinajstić information content (AvgIpc) is 2.96. The summed E-state index contributed by atoms with van der Waals surface area (Å²) in [6.45, 7) is 0.544. The van der Waals surface area contributed by atoms with E-state index >= 15 is 0 Å². The van der Waals surface area contributed by atoms with Crippen molar-refractivity contribution in [1.29, 1.82) is 0 Å². The SMILES string of the molecule is N[C@@H](CC(=O)N1Cc2ccccc2C[C@H]1C(=O)NCc1ccc(CC(=O)O)cc1)Cc1ccccc1F.O=CC(F)(F)F. The van der Waals surface area contributed by atoms with E-state index in [0.717, 1.165) is 16.7 Å². The molecule has 1 heterocycles. The van der Waals surface area contributed by atoms with Crippen molar-refractivity contribution in [2.45, 2.75) is 57.0 Å². The zero-order valence-electron chi connectivity index (χ0n) is 23.0. The minimum atomic E-state index is -4.64. The molecule has 3 aromatic carbocycles. The quantitative estimate of drug-likeness (QED) is 0.253. The van der Waals surface area contributed by atoms with Crippen LogP contribution in [0.15, 0.2) is 72.8 Å². The summed E-state index contributed by atoms with van der Waals surface area (Å²) in [5.41, 5.74) is 10.2. The number of carbonyl (C=O) groups excluding carboxylic acids is 3. The number of carbonyl (C=O) groups is 4. The van der Waals surface area contributed by atoms with Crippen molar-refractivity contribution in [3.8, 4) is 0 Å². The Kier molecular flexibility index (Phi) is 11.5. The first kappa shape index (κ1) is 32.9. The number of amides is 2. The van der Waals surface area contributed by atoms with Crippen molar-refractivity contribution < 1.29 is 41.8 Å². The van der Waals surface area contributed by atoms with Crippen LogP contribution in [0.1, 0.15) is 34.2 Å². The van der Waals surface area contributed by atoms with E-state index in [9.17, 15) is 31.9 Å². The van der Waals surface area contributed by atoms with E-state index in [-0.39, 0.29) is 43.4 Å². The molecule has 4 rings (SSSR count). The molecular formula is C31H31F4N3O5. The summed E-state index contributed by atoms with van der Waals surface area (Å²) in [6, 6.07) is 19.8. The molecule has 0 unspecified atom stereocenters. The van der Waals surface area contributed by atoms with Gasteiger partial charge in [0, 0.05) is 32.0 Å². The fourth-order valence-corrected chi connectivity index (χ4v) is 4.64. The first-order valence-corrected chi connectivity index (χ1v) is 13.3. The first-order chi connectivity index (χ1) is 20.4. The largest absolute Gasteiger partial charge is 0.481 e. The Morgan fingerprint density at radius 1 is 0.977 bits per heavy atom. The van der Waals surface area contributed by atoms with E-state index in [4.69, 9.17) is 15.6 Å². The Morgan fingerprint density at radius 2 is 1.56 bits per heavy atom. The highest BCUT2D eigenvalue weighted by Gasteiger charge is 2.35. The number of nitrogens with two attached hydrogens (primary N) is 1. The summed E-state index contributed by atoms with van der Waals surface area (Å²) in [5, 5.41) is 11.8. The van der Waals surface area contributed by atoms with Crippen LogP contribution in [-0.2, 0) is 51.5 Å². The number of carboxylic acids is 1. The number of fused-ring (bicyclic) bond motifs is 1. The Balaban J connectivity index is 0.000000765. The third kappa shape index (κ3) is 10.3. The molecular weight excluding hydrogens is 570 g/mol. The third-order valence-electron chi connectivity index (χ3n) is 6.73. The Hall–Kier alpha value is -4.58. The molecule has 0 bridgehead atoms. The molecule has 0 saturated carbocycles. The molecule has 43 heavy (non-hydrogen) atoms. The summed E-state index contributed by atoms with van der Waals surface area (Å²) >= 11 is 0. The number of aliphatic carboxylic acids is 1. The summed E-state index contributed by atoms with van der Waals surface area (Å²) in [7, 11) is 0. The molecule has 0 spiro atoms. The maximum absolute atomic E-state index is 14.0. The van der Waals surface area contributed by atoms with Gasteiger partial charge in [-0.05, 0) is 40.3 Å². The standard InChI is InChI=1S/C29H30FN3O4.C2HF3O/c30-25-8-4-3-6-22(25)14-24(31)16-27(34)33-18-23-7-2-1-5-21(23)15-26(33)29(37)32-17-20-11-9-19(10-12-20)13-28(35)36;3-2(4,5)1-6/h1-12,24,26H,13-18,31H2,(H,32,37)(H,35,36);1H/t24-,26+;/m1./s1. The molecule has 2 amide bonds. The van der Waals surface area contributed by atoms with Gasteiger partial charge in [0.05, 0.1) is 6.42 Å². The first-order valence-electron chi connectivity index (χ1n) is 13.3. The Bertz CT molecular complexity index is 1430. The highest BCUT2D eigenvalue weighted by molar-refractivity contribution is 5.88. The van der Waals surface area contributed by atoms with Crippen LogP contribution in [0.3, 0.4) is 0 Å². The lowest BCUT2D eigenvalue weighted by Crippen LogP contribution is -2.53. The monoisotopic (exact) mass is 601 g/mol. The van der Waals surface area contributed by atoms with Gasteiger partial charge in [-0.1, -0.05) is 66.7 Å². The number of nitrogens with one attached hydrogen (secondary N) is 1. The number of aldehydes is 1. The summed E-state index contributed by atoms with van der Waals surface area (Å²) < 4.78 is 45.3. The van der Waals surface area contributed by atoms with Crippen molar-refractivity contribution >= 4 is 24.1 Å². The average molecular weight is 602 g/mol. The maximum atomic E-state index is 14.0. The number of hydrogen-bond donors (Lipinski definition) is 3. The number of rotatable bonds is 9. The van der Waals surface area contributed by atoms with Gasteiger partial charge in [-0.25, -0.2) is 4.39 Å². The van der Waals surface area contributed by atoms with Crippen molar-refractivity contribution in [3.63, 3.8) is 0 Å². The highest BCUT2D eigenvalue weighted by atomic mass is 19.4. The van der Waals surface area contributed by atoms with Crippen LogP contribution in [0.4, 0.5) is 17.6 Å². The normalized spacial score (nSPS) is 14.9. The Labute approximate surface area is 245 Å². The van der Waals surface area contributed by atoms with E-state index in [0.29, 0.717) is 24.1 Å². The number of halogens is 4. The van der Waals surface area contributed by atoms with E-state index in [1.807, 2.05) is 24.3 Å². The van der Waals surface area contributed by atoms with E-state index < -0.39 is 30.5 Å². The van der Waals surface area contributed by atoms with Crippen LogP contribution < -0.4 is 11.1 Å². The lowest BCUT2D eigenvalue weighted by molar-refractivity contribution is -0.156. The van der Waals surface area contributed by atoms with E-state index in [2.05, 4.69) is 5.32 Å². The molecule has 1 aliphatic rings. The molecule has 3 aromatic rings. The minimum Gasteiger partial charge on any atom is -0.481 e. The lowest BCUT2D eigenvalue weighted by atomic mass is 9.92. The predicted octanol–water partition coefficient (Wildman–Crippen LogP) is 3.73. The fourth-order valence-electron chi connectivity index (χ4n) is 4.64. The fraction of sp³-hybridized carbons (Fsp3) is 0.290. The van der Waals surface area contributed by atoms with Crippen LogP contribution in [0.2, 0.25) is 0 Å². The Morgan fingerprint density at radius 3 is 2.16 bits per heavy atom. The summed E-state index contributed by atoms with van der Waals surface area (Å²) in [5.74, 6) is -1.79. The number of benzene rings is 3. The zero-order valence-corrected chi connectivity index (χ0v) is 23.0. The van der Waals surface area contributed by atoms with Gasteiger partial charge in [-0.2, -0.15) is 13.2 Å². The molecule has 1 aliphatic heterocycles. The van der Waals surface area contributed by atoms with Crippen LogP contribution in [-0.4, -0.2) is 52.3 Å². The highest BCUT2D eigenvalue weighted by Crippen LogP contribution is 2.25. The molecule has 0 saturated heterocycles. The minimum absolute atomic E-state index is 0.00861. The predicted molar refractivity (Wildman–Crippen MR) is 149 cm³/mol. The van der Waals surface area contributed by atoms with Crippen LogP contribution in [0, 0.1) is 5.82 Å². The van der Waals surface area contributed by atoms with Gasteiger partial charge in [-0.15, -0.1) is 0 Å². The molecule has 228 valence electrons. The van der Waals surface area contributed by atoms with Gasteiger partial charge in [0.15, 0.2) is 0 Å². The molecule has 2 atom stereocenters. The van der Waals surface area contributed by atoms with E-state index in [1.54, 1.807) is 47.4 Å². The molecule has 8 nitrogen and oxygen atoms in total. The molecule has 0 aromatic heterocycles. The van der Waals surface area contributed by atoms with Gasteiger partial charge >= 0.3 is 12.1 Å². The smallest absolute Gasteiger partial charge is 0.446 e. The molecule has 12 heteroatoms. The molecule has 0 fully saturated rings. The maximum Gasteiger partial charge on any atom is 0.446 e.